The molecule has 0 unspecified atom stereocenters. The van der Waals surface area contributed by atoms with Crippen molar-refractivity contribution in [3.8, 4) is 0 Å². The normalized spacial score (nSPS) is 17.9. The molecule has 4 amide bonds. The third kappa shape index (κ3) is 4.90. The van der Waals surface area contributed by atoms with Crippen LogP contribution >= 0.6 is 0 Å². The van der Waals surface area contributed by atoms with E-state index in [2.05, 4.69) is 20.1 Å². The Morgan fingerprint density at radius 1 is 0.938 bits per heavy atom. The first-order valence-electron chi connectivity index (χ1n) is 10.6. The molecule has 1 saturated carbocycles. The van der Waals surface area contributed by atoms with Gasteiger partial charge in [0.2, 0.25) is 5.91 Å². The third-order valence-corrected chi connectivity index (χ3v) is 5.81. The molecule has 1 aliphatic heterocycles. The molecule has 1 aromatic carbocycles. The average molecular weight is 445 g/mol. The Hall–Kier alpha value is -3.43. The molecule has 1 heterocycles. The van der Waals surface area contributed by atoms with Gasteiger partial charge in [-0.3, -0.25) is 14.5 Å². The van der Waals surface area contributed by atoms with E-state index in [1.54, 1.807) is 0 Å². The summed E-state index contributed by atoms with van der Waals surface area (Å²) in [6, 6.07) is 3.35. The number of rotatable bonds is 5. The number of imide groups is 1. The summed E-state index contributed by atoms with van der Waals surface area (Å²) < 4.78 is 9.35. The molecule has 2 aliphatic rings. The number of carbonyl (C=O) groups is 5. The second-order valence-electron chi connectivity index (χ2n) is 8.00. The van der Waals surface area contributed by atoms with Gasteiger partial charge in [-0.1, -0.05) is 32.1 Å². The lowest BCUT2D eigenvalue weighted by Gasteiger charge is -2.28. The van der Waals surface area contributed by atoms with E-state index in [0.29, 0.717) is 12.8 Å². The molecule has 172 valence electrons. The molecule has 3 rings (SSSR count). The number of nitrogens with zero attached hydrogens (tertiary/aromatic N) is 1. The molecule has 10 heteroatoms. The zero-order valence-corrected chi connectivity index (χ0v) is 18.2. The molecular formula is C22H27N3O7. The first-order valence-corrected chi connectivity index (χ1v) is 10.6. The van der Waals surface area contributed by atoms with Gasteiger partial charge in [0.1, 0.15) is 12.1 Å². The highest BCUT2D eigenvalue weighted by Crippen LogP contribution is 2.32. The van der Waals surface area contributed by atoms with Gasteiger partial charge in [0, 0.05) is 5.69 Å². The maximum Gasteiger partial charge on any atom is 0.337 e. The van der Waals surface area contributed by atoms with Crippen LogP contribution in [0.5, 0.6) is 0 Å². The van der Waals surface area contributed by atoms with Crippen LogP contribution in [0.4, 0.5) is 10.5 Å². The molecule has 0 atom stereocenters. The van der Waals surface area contributed by atoms with E-state index in [1.165, 1.54) is 32.4 Å². The summed E-state index contributed by atoms with van der Waals surface area (Å²) in [6.07, 6.45) is 5.90. The number of urea groups is 1. The Kier molecular flexibility index (Phi) is 7.12. The van der Waals surface area contributed by atoms with Crippen molar-refractivity contribution in [2.75, 3.05) is 26.1 Å². The Labute approximate surface area is 185 Å². The monoisotopic (exact) mass is 445 g/mol. The van der Waals surface area contributed by atoms with Gasteiger partial charge in [0.05, 0.1) is 25.3 Å². The maximum atomic E-state index is 13.1. The number of anilines is 1. The predicted molar refractivity (Wildman–Crippen MR) is 113 cm³/mol. The van der Waals surface area contributed by atoms with E-state index in [1.807, 2.05) is 0 Å². The fourth-order valence-corrected chi connectivity index (χ4v) is 4.18. The number of amides is 4. The van der Waals surface area contributed by atoms with Gasteiger partial charge in [-0.2, -0.15) is 0 Å². The molecular weight excluding hydrogens is 418 g/mol. The van der Waals surface area contributed by atoms with Crippen LogP contribution in [0.1, 0.15) is 65.7 Å². The van der Waals surface area contributed by atoms with Crippen molar-refractivity contribution >= 4 is 35.5 Å². The standard InChI is InChI=1S/C22H27N3O7/c1-31-18(27)14-10-15(19(28)32-2)12-16(11-14)23-17(26)13-25-20(29)22(24-21(25)30)8-6-4-3-5-7-9-22/h10-12H,3-9,13H2,1-2H3,(H,23,26)(H,24,30). The smallest absolute Gasteiger partial charge is 0.337 e. The van der Waals surface area contributed by atoms with E-state index >= 15 is 0 Å². The van der Waals surface area contributed by atoms with Gasteiger partial charge in [-0.05, 0) is 31.0 Å². The van der Waals surface area contributed by atoms with Gasteiger partial charge in [-0.15, -0.1) is 0 Å². The van der Waals surface area contributed by atoms with Crippen LogP contribution in [0.2, 0.25) is 0 Å². The first-order chi connectivity index (χ1) is 15.3. The second-order valence-corrected chi connectivity index (χ2v) is 8.00. The number of esters is 2. The van der Waals surface area contributed by atoms with E-state index in [0.717, 1.165) is 37.0 Å². The minimum absolute atomic E-state index is 0.0363. The zero-order chi connectivity index (χ0) is 23.3. The van der Waals surface area contributed by atoms with Crippen LogP contribution in [-0.2, 0) is 19.1 Å². The summed E-state index contributed by atoms with van der Waals surface area (Å²) in [5, 5.41) is 5.34. The fraction of sp³-hybridized carbons (Fsp3) is 0.500. The lowest BCUT2D eigenvalue weighted by Crippen LogP contribution is -2.47. The van der Waals surface area contributed by atoms with E-state index in [-0.39, 0.29) is 16.8 Å². The predicted octanol–water partition coefficient (Wildman–Crippen LogP) is 2.23. The summed E-state index contributed by atoms with van der Waals surface area (Å²) in [6.45, 7) is -0.484. The zero-order valence-electron chi connectivity index (χ0n) is 18.2. The van der Waals surface area contributed by atoms with Crippen molar-refractivity contribution in [3.63, 3.8) is 0 Å². The highest BCUT2D eigenvalue weighted by Gasteiger charge is 2.50. The van der Waals surface area contributed by atoms with E-state index in [4.69, 9.17) is 0 Å². The Balaban J connectivity index is 1.75. The average Bonchev–Trinajstić information content (AvgIpc) is 2.99. The van der Waals surface area contributed by atoms with Crippen molar-refractivity contribution in [1.82, 2.24) is 10.2 Å². The molecule has 2 fully saturated rings. The molecule has 1 aliphatic carbocycles. The number of nitrogens with one attached hydrogen (secondary N) is 2. The van der Waals surface area contributed by atoms with Crippen LogP contribution in [0.25, 0.3) is 0 Å². The largest absolute Gasteiger partial charge is 0.465 e. The highest BCUT2D eigenvalue weighted by molar-refractivity contribution is 6.10. The number of carbonyl (C=O) groups excluding carboxylic acids is 5. The summed E-state index contributed by atoms with van der Waals surface area (Å²) in [4.78, 5) is 62.9. The van der Waals surface area contributed by atoms with E-state index in [9.17, 15) is 24.0 Å². The van der Waals surface area contributed by atoms with Gasteiger partial charge in [0.25, 0.3) is 5.91 Å². The van der Waals surface area contributed by atoms with Gasteiger partial charge in [-0.25, -0.2) is 14.4 Å². The molecule has 10 nitrogen and oxygen atoms in total. The molecule has 32 heavy (non-hydrogen) atoms. The molecule has 0 radical (unpaired) electrons. The summed E-state index contributed by atoms with van der Waals surface area (Å²) in [7, 11) is 2.38. The highest BCUT2D eigenvalue weighted by atomic mass is 16.5. The van der Waals surface area contributed by atoms with Crippen LogP contribution in [0.15, 0.2) is 18.2 Å². The first kappa shape index (κ1) is 23.2. The van der Waals surface area contributed by atoms with Crippen molar-refractivity contribution in [2.24, 2.45) is 0 Å². The number of ether oxygens (including phenoxy) is 2. The maximum absolute atomic E-state index is 13.1. The number of methoxy groups -OCH3 is 2. The summed E-state index contributed by atoms with van der Waals surface area (Å²) in [5.74, 6) is -2.44. The van der Waals surface area contributed by atoms with Crippen molar-refractivity contribution in [1.29, 1.82) is 0 Å². The topological polar surface area (TPSA) is 131 Å². The molecule has 1 saturated heterocycles. The summed E-state index contributed by atoms with van der Waals surface area (Å²) in [5.41, 5.74) is -0.741. The van der Waals surface area contributed by atoms with Crippen LogP contribution in [-0.4, -0.2) is 61.0 Å². The minimum Gasteiger partial charge on any atom is -0.465 e. The van der Waals surface area contributed by atoms with Gasteiger partial charge in [0.15, 0.2) is 0 Å². The number of hydrogen-bond acceptors (Lipinski definition) is 7. The lowest BCUT2D eigenvalue weighted by molar-refractivity contribution is -0.134. The van der Waals surface area contributed by atoms with Crippen LogP contribution in [0, 0.1) is 0 Å². The molecule has 2 N–H and O–H groups in total. The van der Waals surface area contributed by atoms with Crippen LogP contribution in [0.3, 0.4) is 0 Å². The Morgan fingerprint density at radius 3 is 2.00 bits per heavy atom. The number of hydrogen-bond donors (Lipinski definition) is 2. The molecule has 0 aromatic heterocycles. The molecule has 0 bridgehead atoms. The minimum atomic E-state index is -0.944. The van der Waals surface area contributed by atoms with E-state index < -0.39 is 41.9 Å². The molecule has 1 aromatic rings. The Morgan fingerprint density at radius 2 is 1.47 bits per heavy atom. The van der Waals surface area contributed by atoms with Gasteiger partial charge >= 0.3 is 18.0 Å². The lowest BCUT2D eigenvalue weighted by atomic mass is 9.84. The Bertz CT molecular complexity index is 901. The summed E-state index contributed by atoms with van der Waals surface area (Å²) >= 11 is 0. The number of benzene rings is 1. The van der Waals surface area contributed by atoms with Crippen LogP contribution < -0.4 is 10.6 Å². The van der Waals surface area contributed by atoms with Crippen molar-refractivity contribution in [2.45, 2.75) is 50.5 Å². The molecule has 1 spiro atoms. The van der Waals surface area contributed by atoms with Crippen molar-refractivity contribution in [3.05, 3.63) is 29.3 Å². The van der Waals surface area contributed by atoms with Crippen molar-refractivity contribution < 1.29 is 33.4 Å². The van der Waals surface area contributed by atoms with Gasteiger partial charge < -0.3 is 20.1 Å². The quantitative estimate of drug-likeness (QED) is 0.525. The second kappa shape index (κ2) is 9.80. The SMILES string of the molecule is COC(=O)c1cc(NC(=O)CN2C(=O)NC3(CCCCCCC3)C2=O)cc(C(=O)OC)c1. The third-order valence-electron chi connectivity index (χ3n) is 5.81. The fourth-order valence-electron chi connectivity index (χ4n) is 4.18.